The van der Waals surface area contributed by atoms with Crippen LogP contribution >= 0.6 is 11.8 Å². The number of phenolic OH excluding ortho intramolecular Hbond substituents is 1. The Balaban J connectivity index is 2.79. The van der Waals surface area contributed by atoms with Crippen molar-refractivity contribution in [2.75, 3.05) is 6.26 Å². The van der Waals surface area contributed by atoms with E-state index < -0.39 is 0 Å². The molecule has 0 radical (unpaired) electrons. The standard InChI is InChI=1S/C12H10O2S/c1-15-12(14)11-9-5-3-2-4-8(9)6-7-10(11)13/h2-7,13H,1H3. The normalized spacial score (nSPS) is 10.5. The molecule has 2 nitrogen and oxygen atoms in total. The molecule has 0 atom stereocenters. The number of hydrogen-bond donors (Lipinski definition) is 1. The van der Waals surface area contributed by atoms with Crippen LogP contribution in [0, 0.1) is 0 Å². The highest BCUT2D eigenvalue weighted by atomic mass is 32.2. The van der Waals surface area contributed by atoms with Crippen molar-refractivity contribution in [2.45, 2.75) is 0 Å². The quantitative estimate of drug-likeness (QED) is 0.799. The third-order valence-corrected chi connectivity index (χ3v) is 2.87. The van der Waals surface area contributed by atoms with Gasteiger partial charge in [0.15, 0.2) is 0 Å². The Morgan fingerprint density at radius 2 is 1.93 bits per heavy atom. The van der Waals surface area contributed by atoms with Gasteiger partial charge in [0.2, 0.25) is 5.12 Å². The molecule has 2 rings (SSSR count). The van der Waals surface area contributed by atoms with Crippen LogP contribution in [-0.4, -0.2) is 16.5 Å². The Morgan fingerprint density at radius 3 is 2.67 bits per heavy atom. The summed E-state index contributed by atoms with van der Waals surface area (Å²) in [7, 11) is 0. The predicted molar refractivity (Wildman–Crippen MR) is 63.5 cm³/mol. The van der Waals surface area contributed by atoms with E-state index in [-0.39, 0.29) is 10.9 Å². The molecule has 3 heteroatoms. The van der Waals surface area contributed by atoms with Crippen molar-refractivity contribution in [2.24, 2.45) is 0 Å². The second-order valence-electron chi connectivity index (χ2n) is 3.17. The van der Waals surface area contributed by atoms with Crippen molar-refractivity contribution in [3.63, 3.8) is 0 Å². The topological polar surface area (TPSA) is 37.3 Å². The summed E-state index contributed by atoms with van der Waals surface area (Å²) in [6.45, 7) is 0. The van der Waals surface area contributed by atoms with E-state index in [0.717, 1.165) is 22.5 Å². The molecule has 0 saturated heterocycles. The van der Waals surface area contributed by atoms with Crippen LogP contribution in [0.4, 0.5) is 0 Å². The summed E-state index contributed by atoms with van der Waals surface area (Å²) in [6, 6.07) is 10.9. The van der Waals surface area contributed by atoms with Crippen LogP contribution in [0.25, 0.3) is 10.8 Å². The summed E-state index contributed by atoms with van der Waals surface area (Å²) in [6.07, 6.45) is 1.71. The Labute approximate surface area is 91.9 Å². The first-order chi connectivity index (χ1) is 7.24. The minimum Gasteiger partial charge on any atom is -0.507 e. The van der Waals surface area contributed by atoms with Crippen molar-refractivity contribution in [3.05, 3.63) is 42.0 Å². The van der Waals surface area contributed by atoms with E-state index in [0.29, 0.717) is 5.56 Å². The summed E-state index contributed by atoms with van der Waals surface area (Å²) in [5, 5.41) is 11.3. The van der Waals surface area contributed by atoms with E-state index in [1.54, 1.807) is 12.3 Å². The zero-order valence-electron chi connectivity index (χ0n) is 8.23. The van der Waals surface area contributed by atoms with Gasteiger partial charge < -0.3 is 5.11 Å². The van der Waals surface area contributed by atoms with Gasteiger partial charge in [0, 0.05) is 0 Å². The van der Waals surface area contributed by atoms with E-state index in [1.807, 2.05) is 30.3 Å². The molecular formula is C12H10O2S. The lowest BCUT2D eigenvalue weighted by molar-refractivity contribution is 0.108. The highest BCUT2D eigenvalue weighted by Gasteiger charge is 2.13. The second kappa shape index (κ2) is 3.95. The van der Waals surface area contributed by atoms with Gasteiger partial charge in [-0.2, -0.15) is 0 Å². The number of aromatic hydroxyl groups is 1. The molecule has 0 bridgehead atoms. The highest BCUT2D eigenvalue weighted by molar-refractivity contribution is 8.13. The third kappa shape index (κ3) is 1.70. The van der Waals surface area contributed by atoms with Gasteiger partial charge in [-0.25, -0.2) is 0 Å². The fourth-order valence-electron chi connectivity index (χ4n) is 1.58. The van der Waals surface area contributed by atoms with E-state index in [1.165, 1.54) is 0 Å². The average Bonchev–Trinajstić information content (AvgIpc) is 2.28. The summed E-state index contributed by atoms with van der Waals surface area (Å²) < 4.78 is 0. The SMILES string of the molecule is CSC(=O)c1c(O)ccc2ccccc12. The number of rotatable bonds is 1. The van der Waals surface area contributed by atoms with Crippen molar-refractivity contribution >= 4 is 27.6 Å². The van der Waals surface area contributed by atoms with Crippen molar-refractivity contribution < 1.29 is 9.90 Å². The molecule has 0 aliphatic rings. The monoisotopic (exact) mass is 218 g/mol. The minimum absolute atomic E-state index is 0.0491. The maximum Gasteiger partial charge on any atom is 0.223 e. The van der Waals surface area contributed by atoms with Gasteiger partial charge in [-0.1, -0.05) is 42.1 Å². The number of phenols is 1. The molecular weight excluding hydrogens is 208 g/mol. The zero-order valence-corrected chi connectivity index (χ0v) is 9.04. The van der Waals surface area contributed by atoms with E-state index in [4.69, 9.17) is 0 Å². The molecule has 0 saturated carbocycles. The molecule has 0 aliphatic carbocycles. The number of benzene rings is 2. The van der Waals surface area contributed by atoms with E-state index in [9.17, 15) is 9.90 Å². The zero-order chi connectivity index (χ0) is 10.8. The highest BCUT2D eigenvalue weighted by Crippen LogP contribution is 2.29. The second-order valence-corrected chi connectivity index (χ2v) is 3.95. The number of fused-ring (bicyclic) bond motifs is 1. The van der Waals surface area contributed by atoms with Crippen molar-refractivity contribution in [3.8, 4) is 5.75 Å². The van der Waals surface area contributed by atoms with E-state index >= 15 is 0 Å². The number of thioether (sulfide) groups is 1. The lowest BCUT2D eigenvalue weighted by Crippen LogP contribution is -1.94. The Morgan fingerprint density at radius 1 is 1.20 bits per heavy atom. The van der Waals surface area contributed by atoms with Gasteiger partial charge >= 0.3 is 0 Å². The molecule has 2 aromatic rings. The lowest BCUT2D eigenvalue weighted by Gasteiger charge is -2.06. The first-order valence-corrected chi connectivity index (χ1v) is 5.75. The number of hydrogen-bond acceptors (Lipinski definition) is 3. The molecule has 0 aromatic heterocycles. The largest absolute Gasteiger partial charge is 0.507 e. The molecule has 0 spiro atoms. The maximum absolute atomic E-state index is 11.7. The van der Waals surface area contributed by atoms with Crippen LogP contribution in [0.1, 0.15) is 10.4 Å². The van der Waals surface area contributed by atoms with Gasteiger partial charge in [0.25, 0.3) is 0 Å². The summed E-state index contributed by atoms with van der Waals surface area (Å²) in [5.74, 6) is 0.0491. The third-order valence-electron chi connectivity index (χ3n) is 2.30. The molecule has 1 N–H and O–H groups in total. The molecule has 0 aliphatic heterocycles. The fraction of sp³-hybridized carbons (Fsp3) is 0.0833. The summed E-state index contributed by atoms with van der Waals surface area (Å²) in [5.41, 5.74) is 0.403. The van der Waals surface area contributed by atoms with Gasteiger partial charge in [-0.05, 0) is 23.1 Å². The molecule has 76 valence electrons. The van der Waals surface area contributed by atoms with Crippen LogP contribution in [0.2, 0.25) is 0 Å². The summed E-state index contributed by atoms with van der Waals surface area (Å²) >= 11 is 1.11. The summed E-state index contributed by atoms with van der Waals surface area (Å²) in [4.78, 5) is 11.7. The molecule has 0 fully saturated rings. The number of carbonyl (C=O) groups is 1. The molecule has 2 aromatic carbocycles. The van der Waals surface area contributed by atoms with Gasteiger partial charge in [0.05, 0.1) is 5.56 Å². The average molecular weight is 218 g/mol. The number of carbonyl (C=O) groups excluding carboxylic acids is 1. The molecule has 15 heavy (non-hydrogen) atoms. The van der Waals surface area contributed by atoms with Crippen LogP contribution in [0.15, 0.2) is 36.4 Å². The van der Waals surface area contributed by atoms with Gasteiger partial charge in [-0.3, -0.25) is 4.79 Å². The molecule has 0 unspecified atom stereocenters. The Bertz CT molecular complexity index is 520. The Kier molecular flexibility index (Phi) is 2.64. The van der Waals surface area contributed by atoms with Crippen LogP contribution in [-0.2, 0) is 0 Å². The van der Waals surface area contributed by atoms with E-state index in [2.05, 4.69) is 0 Å². The minimum atomic E-state index is -0.107. The maximum atomic E-state index is 11.7. The molecule has 0 amide bonds. The van der Waals surface area contributed by atoms with Crippen LogP contribution in [0.3, 0.4) is 0 Å². The smallest absolute Gasteiger partial charge is 0.223 e. The predicted octanol–water partition coefficient (Wildman–Crippen LogP) is 3.05. The van der Waals surface area contributed by atoms with Gasteiger partial charge in [-0.15, -0.1) is 0 Å². The first-order valence-electron chi connectivity index (χ1n) is 4.53. The van der Waals surface area contributed by atoms with Crippen LogP contribution in [0.5, 0.6) is 5.75 Å². The lowest BCUT2D eigenvalue weighted by atomic mass is 10.0. The molecule has 0 heterocycles. The van der Waals surface area contributed by atoms with Gasteiger partial charge in [0.1, 0.15) is 5.75 Å². The Hall–Kier alpha value is -1.48. The van der Waals surface area contributed by atoms with Crippen molar-refractivity contribution in [1.29, 1.82) is 0 Å². The van der Waals surface area contributed by atoms with Crippen LogP contribution < -0.4 is 0 Å². The van der Waals surface area contributed by atoms with Crippen molar-refractivity contribution in [1.82, 2.24) is 0 Å². The first kappa shape index (κ1) is 10.1. The fourth-order valence-corrected chi connectivity index (χ4v) is 2.00.